The Kier molecular flexibility index (Phi) is 5.46. The second kappa shape index (κ2) is 7.95. The summed E-state index contributed by atoms with van der Waals surface area (Å²) in [5.74, 6) is -1.21. The average Bonchev–Trinajstić information content (AvgIpc) is 2.64. The lowest BCUT2D eigenvalue weighted by Gasteiger charge is -2.32. The number of para-hydroxylation sites is 1. The molecule has 0 aromatic heterocycles. The first-order valence-electron chi connectivity index (χ1n) is 8.30. The number of nitrogens with one attached hydrogen (secondary N) is 1. The van der Waals surface area contributed by atoms with E-state index in [-0.39, 0.29) is 18.1 Å². The molecule has 0 saturated carbocycles. The predicted octanol–water partition coefficient (Wildman–Crippen LogP) is 3.82. The number of piperidine rings is 1. The summed E-state index contributed by atoms with van der Waals surface area (Å²) in [7, 11) is 0. The van der Waals surface area contributed by atoms with Crippen molar-refractivity contribution < 1.29 is 23.1 Å². The van der Waals surface area contributed by atoms with E-state index in [1.165, 1.54) is 42.5 Å². The molecule has 1 aliphatic rings. The van der Waals surface area contributed by atoms with E-state index >= 15 is 0 Å². The van der Waals surface area contributed by atoms with Crippen LogP contribution in [0.3, 0.4) is 0 Å². The molecule has 2 aromatic rings. The van der Waals surface area contributed by atoms with Gasteiger partial charge in [0.05, 0.1) is 12.2 Å². The average molecular weight is 360 g/mol. The predicted molar refractivity (Wildman–Crippen MR) is 91.8 cm³/mol. The lowest BCUT2D eigenvalue weighted by Crippen LogP contribution is -2.44. The van der Waals surface area contributed by atoms with Gasteiger partial charge in [0.2, 0.25) is 0 Å². The summed E-state index contributed by atoms with van der Waals surface area (Å²) in [6.45, 7) is 0.770. The molecule has 1 atom stereocenters. The third-order valence-corrected chi connectivity index (χ3v) is 4.14. The van der Waals surface area contributed by atoms with Gasteiger partial charge in [0.25, 0.3) is 5.91 Å². The zero-order chi connectivity index (χ0) is 18.5. The fraction of sp³-hybridized carbons (Fsp3) is 0.263. The summed E-state index contributed by atoms with van der Waals surface area (Å²) in [6.07, 6.45) is 0.0266. The highest BCUT2D eigenvalue weighted by atomic mass is 19.1. The summed E-state index contributed by atoms with van der Waals surface area (Å²) < 4.78 is 31.9. The fourth-order valence-electron chi connectivity index (χ4n) is 2.85. The monoisotopic (exact) mass is 360 g/mol. The number of carbonyl (C=O) groups excluding carboxylic acids is 2. The number of anilines is 1. The second-order valence-corrected chi connectivity index (χ2v) is 6.03. The van der Waals surface area contributed by atoms with Gasteiger partial charge in [-0.1, -0.05) is 12.1 Å². The highest BCUT2D eigenvalue weighted by Gasteiger charge is 2.27. The summed E-state index contributed by atoms with van der Waals surface area (Å²) in [6, 6.07) is 11.1. The number of nitrogens with zero attached hydrogens (tertiary/aromatic N) is 1. The Morgan fingerprint density at radius 1 is 1.08 bits per heavy atom. The third-order valence-electron chi connectivity index (χ3n) is 4.14. The molecule has 2 aromatic carbocycles. The van der Waals surface area contributed by atoms with Gasteiger partial charge in [-0.05, 0) is 49.2 Å². The van der Waals surface area contributed by atoms with Crippen molar-refractivity contribution in [1.82, 2.24) is 4.90 Å². The quantitative estimate of drug-likeness (QED) is 0.905. The number of rotatable bonds is 3. The fourth-order valence-corrected chi connectivity index (χ4v) is 2.85. The number of likely N-dealkylation sites (tertiary alicyclic amines) is 1. The maximum atomic E-state index is 13.6. The van der Waals surface area contributed by atoms with E-state index in [0.717, 1.165) is 0 Å². The van der Waals surface area contributed by atoms with Crippen LogP contribution in [0.4, 0.5) is 19.3 Å². The number of benzene rings is 2. The summed E-state index contributed by atoms with van der Waals surface area (Å²) in [5.41, 5.74) is 0.412. The molecule has 3 rings (SSSR count). The van der Waals surface area contributed by atoms with Crippen LogP contribution in [0.5, 0.6) is 0 Å². The Hall–Kier alpha value is -2.96. The van der Waals surface area contributed by atoms with Crippen molar-refractivity contribution in [3.8, 4) is 0 Å². The molecule has 2 amide bonds. The molecule has 0 spiro atoms. The van der Waals surface area contributed by atoms with Crippen molar-refractivity contribution >= 4 is 17.7 Å². The first-order chi connectivity index (χ1) is 12.5. The number of carbonyl (C=O) groups is 2. The van der Waals surface area contributed by atoms with Crippen LogP contribution >= 0.6 is 0 Å². The summed E-state index contributed by atoms with van der Waals surface area (Å²) in [4.78, 5) is 26.0. The zero-order valence-electron chi connectivity index (χ0n) is 14.0. The van der Waals surface area contributed by atoms with E-state index < -0.39 is 23.8 Å². The number of halogens is 2. The normalized spacial score (nSPS) is 16.8. The van der Waals surface area contributed by atoms with Crippen LogP contribution in [0.2, 0.25) is 0 Å². The van der Waals surface area contributed by atoms with Crippen molar-refractivity contribution in [3.63, 3.8) is 0 Å². The van der Waals surface area contributed by atoms with Gasteiger partial charge in [-0.15, -0.1) is 0 Å². The Morgan fingerprint density at radius 3 is 2.54 bits per heavy atom. The lowest BCUT2D eigenvalue weighted by molar-refractivity contribution is 0.0387. The Bertz CT molecular complexity index is 796. The topological polar surface area (TPSA) is 58.6 Å². The minimum absolute atomic E-state index is 0.0348. The van der Waals surface area contributed by atoms with Crippen LogP contribution in [-0.2, 0) is 4.74 Å². The maximum Gasteiger partial charge on any atom is 0.412 e. The van der Waals surface area contributed by atoms with Gasteiger partial charge < -0.3 is 9.64 Å². The van der Waals surface area contributed by atoms with E-state index in [1.807, 2.05) is 0 Å². The van der Waals surface area contributed by atoms with Gasteiger partial charge in [0.15, 0.2) is 0 Å². The number of amides is 2. The number of hydrogen-bond donors (Lipinski definition) is 1. The van der Waals surface area contributed by atoms with Crippen LogP contribution in [0.15, 0.2) is 48.5 Å². The van der Waals surface area contributed by atoms with Crippen molar-refractivity contribution in [2.45, 2.75) is 18.9 Å². The second-order valence-electron chi connectivity index (χ2n) is 6.03. The molecule has 0 aliphatic carbocycles. The smallest absolute Gasteiger partial charge is 0.412 e. The van der Waals surface area contributed by atoms with Gasteiger partial charge in [0, 0.05) is 12.1 Å². The highest BCUT2D eigenvalue weighted by molar-refractivity contribution is 5.94. The molecule has 1 N–H and O–H groups in total. The van der Waals surface area contributed by atoms with E-state index in [0.29, 0.717) is 24.9 Å². The first kappa shape index (κ1) is 17.8. The van der Waals surface area contributed by atoms with E-state index in [1.54, 1.807) is 11.0 Å². The summed E-state index contributed by atoms with van der Waals surface area (Å²) >= 11 is 0. The van der Waals surface area contributed by atoms with Crippen molar-refractivity contribution in [2.24, 2.45) is 0 Å². The van der Waals surface area contributed by atoms with Gasteiger partial charge in [-0.25, -0.2) is 13.6 Å². The van der Waals surface area contributed by atoms with Crippen LogP contribution in [-0.4, -0.2) is 36.1 Å². The lowest BCUT2D eigenvalue weighted by atomic mass is 10.1. The molecule has 7 heteroatoms. The van der Waals surface area contributed by atoms with Crippen molar-refractivity contribution in [3.05, 3.63) is 65.7 Å². The SMILES string of the molecule is O=C(Nc1ccccc1F)O[C@H]1CCCN(C(=O)c2ccc(F)cc2)C1. The number of ether oxygens (including phenoxy) is 1. The first-order valence-corrected chi connectivity index (χ1v) is 8.30. The molecule has 1 saturated heterocycles. The minimum Gasteiger partial charge on any atom is -0.444 e. The highest BCUT2D eigenvalue weighted by Crippen LogP contribution is 2.18. The maximum absolute atomic E-state index is 13.6. The van der Waals surface area contributed by atoms with E-state index in [4.69, 9.17) is 4.74 Å². The van der Waals surface area contributed by atoms with E-state index in [9.17, 15) is 18.4 Å². The van der Waals surface area contributed by atoms with E-state index in [2.05, 4.69) is 5.32 Å². The molecular formula is C19H18F2N2O3. The van der Waals surface area contributed by atoms with Crippen molar-refractivity contribution in [2.75, 3.05) is 18.4 Å². The molecule has 0 bridgehead atoms. The third kappa shape index (κ3) is 4.36. The zero-order valence-corrected chi connectivity index (χ0v) is 14.0. The Balaban J connectivity index is 1.58. The Morgan fingerprint density at radius 2 is 1.81 bits per heavy atom. The van der Waals surface area contributed by atoms with Crippen LogP contribution in [0, 0.1) is 11.6 Å². The molecule has 26 heavy (non-hydrogen) atoms. The minimum atomic E-state index is -0.767. The van der Waals surface area contributed by atoms with Crippen LogP contribution in [0.1, 0.15) is 23.2 Å². The molecular weight excluding hydrogens is 342 g/mol. The van der Waals surface area contributed by atoms with Gasteiger partial charge >= 0.3 is 6.09 Å². The number of hydrogen-bond acceptors (Lipinski definition) is 3. The standard InChI is InChI=1S/C19H18F2N2O3/c20-14-9-7-13(8-10-14)18(24)23-11-3-4-15(12-23)26-19(25)22-17-6-2-1-5-16(17)21/h1-2,5-10,15H,3-4,11-12H2,(H,22,25)/t15-/m0/s1. The summed E-state index contributed by atoms with van der Waals surface area (Å²) in [5, 5.41) is 2.36. The Labute approximate surface area is 149 Å². The molecule has 1 heterocycles. The molecule has 0 unspecified atom stereocenters. The molecule has 1 aliphatic heterocycles. The molecule has 5 nitrogen and oxygen atoms in total. The molecule has 1 fully saturated rings. The van der Waals surface area contributed by atoms with Gasteiger partial charge in [0.1, 0.15) is 17.7 Å². The van der Waals surface area contributed by atoms with Gasteiger partial charge in [-0.3, -0.25) is 10.1 Å². The molecule has 136 valence electrons. The van der Waals surface area contributed by atoms with Crippen molar-refractivity contribution in [1.29, 1.82) is 0 Å². The van der Waals surface area contributed by atoms with Crippen LogP contribution in [0.25, 0.3) is 0 Å². The molecule has 0 radical (unpaired) electrons. The van der Waals surface area contributed by atoms with Gasteiger partial charge in [-0.2, -0.15) is 0 Å². The van der Waals surface area contributed by atoms with Crippen LogP contribution < -0.4 is 5.32 Å². The largest absolute Gasteiger partial charge is 0.444 e.